The molecular weight excluding hydrogens is 368 g/mol. The van der Waals surface area contributed by atoms with Gasteiger partial charge in [0.15, 0.2) is 0 Å². The number of rotatable bonds is 4. The minimum atomic E-state index is -0.0622. The van der Waals surface area contributed by atoms with E-state index in [1.54, 1.807) is 0 Å². The third-order valence-electron chi connectivity index (χ3n) is 6.44. The summed E-state index contributed by atoms with van der Waals surface area (Å²) >= 11 is 0. The number of urea groups is 1. The van der Waals surface area contributed by atoms with Crippen LogP contribution in [0.3, 0.4) is 0 Å². The molecule has 2 aliphatic heterocycles. The summed E-state index contributed by atoms with van der Waals surface area (Å²) in [7, 11) is 0. The van der Waals surface area contributed by atoms with Gasteiger partial charge in [0.25, 0.3) is 0 Å². The topological polar surface area (TPSA) is 65.1 Å². The van der Waals surface area contributed by atoms with Crippen LogP contribution in [0, 0.1) is 5.92 Å². The Morgan fingerprint density at radius 2 is 1.55 bits per heavy atom. The molecule has 7 nitrogen and oxygen atoms in total. The van der Waals surface area contributed by atoms with Crippen LogP contribution in [0.25, 0.3) is 0 Å². The molecule has 0 radical (unpaired) electrons. The van der Waals surface area contributed by atoms with Crippen molar-refractivity contribution in [3.63, 3.8) is 0 Å². The average molecular weight is 401 g/mol. The number of para-hydroxylation sites is 1. The molecule has 0 bridgehead atoms. The van der Waals surface area contributed by atoms with Crippen LogP contribution in [-0.2, 0) is 9.53 Å². The van der Waals surface area contributed by atoms with Gasteiger partial charge in [-0.2, -0.15) is 0 Å². The number of nitrogens with one attached hydrogen (secondary N) is 1. The van der Waals surface area contributed by atoms with E-state index in [1.807, 2.05) is 40.1 Å². The van der Waals surface area contributed by atoms with Crippen molar-refractivity contribution in [3.8, 4) is 0 Å². The minimum Gasteiger partial charge on any atom is -0.378 e. The van der Waals surface area contributed by atoms with E-state index in [9.17, 15) is 9.59 Å². The van der Waals surface area contributed by atoms with E-state index in [0.29, 0.717) is 45.3 Å². The van der Waals surface area contributed by atoms with Gasteiger partial charge in [0.1, 0.15) is 0 Å². The van der Waals surface area contributed by atoms with Crippen LogP contribution in [0.1, 0.15) is 25.7 Å². The zero-order valence-electron chi connectivity index (χ0n) is 17.1. The predicted molar refractivity (Wildman–Crippen MR) is 112 cm³/mol. The maximum atomic E-state index is 13.4. The molecule has 1 N–H and O–H groups in total. The lowest BCUT2D eigenvalue weighted by molar-refractivity contribution is -0.144. The van der Waals surface area contributed by atoms with Gasteiger partial charge < -0.3 is 19.9 Å². The van der Waals surface area contributed by atoms with E-state index in [0.717, 1.165) is 31.6 Å². The van der Waals surface area contributed by atoms with Gasteiger partial charge in [-0.1, -0.05) is 31.0 Å². The fourth-order valence-corrected chi connectivity index (χ4v) is 4.83. The predicted octanol–water partition coefficient (Wildman–Crippen LogP) is 2.25. The van der Waals surface area contributed by atoms with Crippen LogP contribution in [0.15, 0.2) is 30.3 Å². The van der Waals surface area contributed by atoms with Crippen LogP contribution in [0.2, 0.25) is 0 Å². The molecule has 2 saturated heterocycles. The van der Waals surface area contributed by atoms with Gasteiger partial charge in [-0.15, -0.1) is 0 Å². The van der Waals surface area contributed by atoms with Crippen molar-refractivity contribution >= 4 is 17.6 Å². The number of carbonyl (C=O) groups excluding carboxylic acids is 2. The van der Waals surface area contributed by atoms with Gasteiger partial charge in [-0.05, 0) is 30.9 Å². The number of benzene rings is 1. The lowest BCUT2D eigenvalue weighted by Crippen LogP contribution is -2.59. The Morgan fingerprint density at radius 3 is 2.21 bits per heavy atom. The zero-order chi connectivity index (χ0) is 20.1. The van der Waals surface area contributed by atoms with E-state index in [-0.39, 0.29) is 18.0 Å². The molecule has 0 spiro atoms. The molecule has 158 valence electrons. The number of hydrogen-bond acceptors (Lipinski definition) is 4. The number of carbonyl (C=O) groups is 2. The second-order valence-electron chi connectivity index (χ2n) is 8.25. The normalized spacial score (nSPS) is 22.5. The highest BCUT2D eigenvalue weighted by Crippen LogP contribution is 2.32. The maximum Gasteiger partial charge on any atom is 0.321 e. The van der Waals surface area contributed by atoms with Gasteiger partial charge in [0, 0.05) is 45.0 Å². The Hall–Kier alpha value is -2.12. The fourth-order valence-electron chi connectivity index (χ4n) is 4.83. The van der Waals surface area contributed by atoms with Crippen LogP contribution in [0.4, 0.5) is 10.5 Å². The van der Waals surface area contributed by atoms with Crippen LogP contribution >= 0.6 is 0 Å². The summed E-state index contributed by atoms with van der Waals surface area (Å²) in [5.41, 5.74) is 0.811. The molecule has 2 heterocycles. The Bertz CT molecular complexity index is 679. The van der Waals surface area contributed by atoms with E-state index in [4.69, 9.17) is 4.74 Å². The monoisotopic (exact) mass is 400 g/mol. The average Bonchev–Trinajstić information content (AvgIpc) is 3.30. The summed E-state index contributed by atoms with van der Waals surface area (Å²) in [6, 6.07) is 9.44. The second-order valence-corrected chi connectivity index (χ2v) is 8.25. The molecule has 29 heavy (non-hydrogen) atoms. The summed E-state index contributed by atoms with van der Waals surface area (Å²) < 4.78 is 5.43. The zero-order valence-corrected chi connectivity index (χ0v) is 17.1. The first-order valence-electron chi connectivity index (χ1n) is 10.9. The number of morpholine rings is 1. The third kappa shape index (κ3) is 4.90. The molecule has 1 atom stereocenters. The molecule has 1 saturated carbocycles. The molecule has 3 amide bonds. The van der Waals surface area contributed by atoms with Crippen molar-refractivity contribution < 1.29 is 14.3 Å². The second kappa shape index (κ2) is 9.59. The number of amides is 3. The Morgan fingerprint density at radius 1 is 0.897 bits per heavy atom. The number of hydrogen-bond donors (Lipinski definition) is 1. The molecular formula is C22H32N4O3. The smallest absolute Gasteiger partial charge is 0.321 e. The molecule has 1 aromatic carbocycles. The molecule has 0 aromatic heterocycles. The van der Waals surface area contributed by atoms with E-state index >= 15 is 0 Å². The van der Waals surface area contributed by atoms with Gasteiger partial charge in [0.2, 0.25) is 5.91 Å². The summed E-state index contributed by atoms with van der Waals surface area (Å²) in [6.45, 7) is 5.46. The van der Waals surface area contributed by atoms with Gasteiger partial charge in [-0.25, -0.2) is 4.79 Å². The highest BCUT2D eigenvalue weighted by molar-refractivity contribution is 5.89. The number of piperazine rings is 1. The van der Waals surface area contributed by atoms with Crippen molar-refractivity contribution in [3.05, 3.63) is 30.3 Å². The fraction of sp³-hybridized carbons (Fsp3) is 0.636. The Labute approximate surface area is 173 Å². The Kier molecular flexibility index (Phi) is 6.67. The van der Waals surface area contributed by atoms with Crippen LogP contribution < -0.4 is 5.32 Å². The molecule has 4 rings (SSSR count). The molecule has 3 aliphatic rings. The van der Waals surface area contributed by atoms with E-state index in [2.05, 4.69) is 10.2 Å². The number of ether oxygens (including phenoxy) is 1. The lowest BCUT2D eigenvalue weighted by Gasteiger charge is -2.42. The van der Waals surface area contributed by atoms with E-state index < -0.39 is 0 Å². The summed E-state index contributed by atoms with van der Waals surface area (Å²) in [5, 5.41) is 2.96. The van der Waals surface area contributed by atoms with Crippen molar-refractivity contribution in [2.24, 2.45) is 5.92 Å². The van der Waals surface area contributed by atoms with Gasteiger partial charge in [0.05, 0.1) is 19.3 Å². The number of anilines is 1. The summed E-state index contributed by atoms with van der Waals surface area (Å²) in [6.07, 6.45) is 4.71. The van der Waals surface area contributed by atoms with Crippen molar-refractivity contribution in [1.29, 1.82) is 0 Å². The standard InChI is InChI=1S/C22H32N4O3/c27-21(25-14-16-29-17-15-25)20(18-6-4-5-7-18)24-10-12-26(13-11-24)22(28)23-19-8-2-1-3-9-19/h1-3,8-9,18,20H,4-7,10-17H2,(H,23,28)/t20-/m1/s1. The van der Waals surface area contributed by atoms with Crippen molar-refractivity contribution in [2.75, 3.05) is 57.8 Å². The van der Waals surface area contributed by atoms with E-state index in [1.165, 1.54) is 12.8 Å². The van der Waals surface area contributed by atoms with Crippen LogP contribution in [-0.4, -0.2) is 85.2 Å². The number of nitrogens with zero attached hydrogens (tertiary/aromatic N) is 3. The van der Waals surface area contributed by atoms with Crippen molar-refractivity contribution in [1.82, 2.24) is 14.7 Å². The molecule has 3 fully saturated rings. The van der Waals surface area contributed by atoms with Gasteiger partial charge >= 0.3 is 6.03 Å². The summed E-state index contributed by atoms with van der Waals surface area (Å²) in [4.78, 5) is 32.1. The third-order valence-corrected chi connectivity index (χ3v) is 6.44. The van der Waals surface area contributed by atoms with Crippen LogP contribution in [0.5, 0.6) is 0 Å². The molecule has 7 heteroatoms. The maximum absolute atomic E-state index is 13.4. The first-order valence-corrected chi connectivity index (χ1v) is 10.9. The highest BCUT2D eigenvalue weighted by atomic mass is 16.5. The first-order chi connectivity index (χ1) is 14.2. The molecule has 0 unspecified atom stereocenters. The lowest BCUT2D eigenvalue weighted by atomic mass is 9.94. The first kappa shape index (κ1) is 20.2. The van der Waals surface area contributed by atoms with Gasteiger partial charge in [-0.3, -0.25) is 9.69 Å². The highest BCUT2D eigenvalue weighted by Gasteiger charge is 2.39. The Balaban J connectivity index is 1.37. The minimum absolute atomic E-state index is 0.0464. The molecule has 1 aromatic rings. The molecule has 1 aliphatic carbocycles. The SMILES string of the molecule is O=C(Nc1ccccc1)N1CCN([C@@H](C(=O)N2CCOCC2)C2CCCC2)CC1. The van der Waals surface area contributed by atoms with Crippen molar-refractivity contribution in [2.45, 2.75) is 31.7 Å². The summed E-state index contributed by atoms with van der Waals surface area (Å²) in [5.74, 6) is 0.706. The largest absolute Gasteiger partial charge is 0.378 e. The quantitative estimate of drug-likeness (QED) is 0.842.